The molecule has 1 atom stereocenters. The van der Waals surface area contributed by atoms with Crippen molar-refractivity contribution < 1.29 is 26.3 Å². The number of rotatable bonds is 3. The monoisotopic (exact) mass is 400 g/mol. The van der Waals surface area contributed by atoms with Crippen molar-refractivity contribution in [2.45, 2.75) is 19.1 Å². The molecule has 3 nitrogen and oxygen atoms in total. The summed E-state index contributed by atoms with van der Waals surface area (Å²) in [6.45, 7) is 1.38. The second-order valence-electron chi connectivity index (χ2n) is 6.36. The van der Waals surface area contributed by atoms with E-state index in [-0.39, 0.29) is 16.3 Å². The number of benzene rings is 2. The maximum atomic E-state index is 14.5. The van der Waals surface area contributed by atoms with Gasteiger partial charge in [0.25, 0.3) is 5.56 Å². The van der Waals surface area contributed by atoms with Crippen LogP contribution in [0.3, 0.4) is 0 Å². The molecule has 0 bridgehead atoms. The van der Waals surface area contributed by atoms with Crippen molar-refractivity contribution >= 4 is 16.5 Å². The smallest absolute Gasteiger partial charge is 0.378 e. The minimum Gasteiger partial charge on any atom is -0.378 e. The van der Waals surface area contributed by atoms with E-state index in [1.54, 1.807) is 0 Å². The highest BCUT2D eigenvalue weighted by molar-refractivity contribution is 5.86. The van der Waals surface area contributed by atoms with E-state index in [1.165, 1.54) is 14.0 Å². The Labute approximate surface area is 155 Å². The second-order valence-corrected chi connectivity index (χ2v) is 6.36. The summed E-state index contributed by atoms with van der Waals surface area (Å²) in [6, 6.07) is 2.85. The fraction of sp³-hybridized carbons (Fsp3) is 0.211. The number of nitrogens with zero attached hydrogens (tertiary/aromatic N) is 1. The Morgan fingerprint density at radius 2 is 1.71 bits per heavy atom. The van der Waals surface area contributed by atoms with Gasteiger partial charge in [0.15, 0.2) is 0 Å². The lowest BCUT2D eigenvalue weighted by Crippen LogP contribution is -2.19. The number of aromatic nitrogens is 1. The van der Waals surface area contributed by atoms with Gasteiger partial charge in [-0.15, -0.1) is 0 Å². The fourth-order valence-corrected chi connectivity index (χ4v) is 3.08. The number of halogens is 6. The number of anilines is 1. The van der Waals surface area contributed by atoms with Gasteiger partial charge in [-0.1, -0.05) is 0 Å². The molecule has 28 heavy (non-hydrogen) atoms. The van der Waals surface area contributed by atoms with Crippen LogP contribution in [0.2, 0.25) is 0 Å². The summed E-state index contributed by atoms with van der Waals surface area (Å²) in [5.74, 6) is -2.74. The molecule has 2 aromatic carbocycles. The molecule has 1 heterocycles. The molecule has 1 aromatic heterocycles. The van der Waals surface area contributed by atoms with Crippen molar-refractivity contribution in [3.05, 3.63) is 75.5 Å². The first kappa shape index (κ1) is 19.8. The van der Waals surface area contributed by atoms with Crippen LogP contribution in [-0.4, -0.2) is 4.57 Å². The lowest BCUT2D eigenvalue weighted by molar-refractivity contribution is -0.137. The fourth-order valence-electron chi connectivity index (χ4n) is 3.08. The molecule has 0 saturated carbocycles. The van der Waals surface area contributed by atoms with E-state index < -0.39 is 46.5 Å². The highest BCUT2D eigenvalue weighted by Crippen LogP contribution is 2.37. The largest absolute Gasteiger partial charge is 0.418 e. The first-order valence-corrected chi connectivity index (χ1v) is 8.10. The molecular formula is C19H14F6N2O. The van der Waals surface area contributed by atoms with Crippen molar-refractivity contribution in [1.82, 2.24) is 4.57 Å². The average Bonchev–Trinajstić information content (AvgIpc) is 2.59. The van der Waals surface area contributed by atoms with E-state index in [0.717, 1.165) is 35.0 Å². The molecule has 3 aromatic rings. The van der Waals surface area contributed by atoms with Gasteiger partial charge in [0, 0.05) is 30.4 Å². The third-order valence-electron chi connectivity index (χ3n) is 4.36. The van der Waals surface area contributed by atoms with Gasteiger partial charge in [0.1, 0.15) is 17.5 Å². The predicted octanol–water partition coefficient (Wildman–Crippen LogP) is 5.15. The molecule has 0 saturated heterocycles. The van der Waals surface area contributed by atoms with Gasteiger partial charge in [-0.05, 0) is 42.8 Å². The van der Waals surface area contributed by atoms with Crippen LogP contribution in [0.1, 0.15) is 24.1 Å². The van der Waals surface area contributed by atoms with Crippen molar-refractivity contribution in [3.8, 4) is 0 Å². The summed E-state index contributed by atoms with van der Waals surface area (Å²) in [6.07, 6.45) is -3.92. The second kappa shape index (κ2) is 6.88. The van der Waals surface area contributed by atoms with Crippen LogP contribution in [0.25, 0.3) is 10.8 Å². The van der Waals surface area contributed by atoms with Crippen LogP contribution in [0.15, 0.2) is 41.3 Å². The first-order valence-electron chi connectivity index (χ1n) is 8.10. The average molecular weight is 400 g/mol. The lowest BCUT2D eigenvalue weighted by atomic mass is 9.99. The molecule has 9 heteroatoms. The Bertz CT molecular complexity index is 1120. The van der Waals surface area contributed by atoms with E-state index >= 15 is 0 Å². The van der Waals surface area contributed by atoms with Crippen molar-refractivity contribution in [2.75, 3.05) is 5.32 Å². The summed E-state index contributed by atoms with van der Waals surface area (Å²) in [7, 11) is 1.30. The van der Waals surface area contributed by atoms with E-state index in [2.05, 4.69) is 5.32 Å². The third kappa shape index (κ3) is 3.56. The van der Waals surface area contributed by atoms with Gasteiger partial charge < -0.3 is 9.88 Å². The number of fused-ring (bicyclic) bond motifs is 1. The van der Waals surface area contributed by atoms with Gasteiger partial charge in [-0.3, -0.25) is 4.79 Å². The zero-order valence-electron chi connectivity index (χ0n) is 14.7. The number of pyridine rings is 1. The van der Waals surface area contributed by atoms with Crippen molar-refractivity contribution in [2.24, 2.45) is 7.05 Å². The zero-order chi connectivity index (χ0) is 20.8. The standard InChI is InChI=1S/C19H14F6N2O/c1-9(26-16-4-3-10(20)7-14(16)19(23,24)25)12-5-11(21)6-13-17(12)15(22)8-27(2)18(13)28/h3-9,26H,1-2H3/t9-/m1/s1. The summed E-state index contributed by atoms with van der Waals surface area (Å²) < 4.78 is 82.3. The van der Waals surface area contributed by atoms with Gasteiger partial charge in [0.2, 0.25) is 0 Å². The van der Waals surface area contributed by atoms with E-state index in [4.69, 9.17) is 0 Å². The number of hydrogen-bond donors (Lipinski definition) is 1. The first-order chi connectivity index (χ1) is 13.0. The molecule has 0 spiro atoms. The summed E-state index contributed by atoms with van der Waals surface area (Å²) in [5, 5.41) is 2.08. The van der Waals surface area contributed by atoms with Gasteiger partial charge in [-0.2, -0.15) is 13.2 Å². The van der Waals surface area contributed by atoms with E-state index in [1.807, 2.05) is 0 Å². The van der Waals surface area contributed by atoms with Gasteiger partial charge >= 0.3 is 6.18 Å². The molecule has 0 aliphatic heterocycles. The molecular weight excluding hydrogens is 386 g/mol. The molecule has 0 radical (unpaired) electrons. The Morgan fingerprint density at radius 1 is 1.04 bits per heavy atom. The van der Waals surface area contributed by atoms with Crippen LogP contribution in [0.5, 0.6) is 0 Å². The maximum absolute atomic E-state index is 14.5. The van der Waals surface area contributed by atoms with Crippen LogP contribution >= 0.6 is 0 Å². The van der Waals surface area contributed by atoms with Gasteiger partial charge in [-0.25, -0.2) is 13.2 Å². The van der Waals surface area contributed by atoms with Gasteiger partial charge in [0.05, 0.1) is 10.9 Å². The van der Waals surface area contributed by atoms with Crippen LogP contribution < -0.4 is 10.9 Å². The van der Waals surface area contributed by atoms with E-state index in [9.17, 15) is 31.1 Å². The SMILES string of the molecule is C[C@@H](Nc1ccc(F)cc1C(F)(F)F)c1cc(F)cc2c(=O)n(C)cc(F)c12. The number of hydrogen-bond acceptors (Lipinski definition) is 2. The summed E-state index contributed by atoms with van der Waals surface area (Å²) in [5.41, 5.74) is -2.40. The molecule has 3 rings (SSSR count). The number of nitrogens with one attached hydrogen (secondary N) is 1. The molecule has 0 unspecified atom stereocenters. The van der Waals surface area contributed by atoms with Crippen LogP contribution in [0.4, 0.5) is 32.0 Å². The number of alkyl halides is 3. The topological polar surface area (TPSA) is 34.0 Å². The number of aryl methyl sites for hydroxylation is 1. The van der Waals surface area contributed by atoms with Crippen molar-refractivity contribution in [1.29, 1.82) is 0 Å². The predicted molar refractivity (Wildman–Crippen MR) is 92.5 cm³/mol. The molecule has 148 valence electrons. The minimum atomic E-state index is -4.84. The van der Waals surface area contributed by atoms with Crippen LogP contribution in [-0.2, 0) is 13.2 Å². The molecule has 1 N–H and O–H groups in total. The van der Waals surface area contributed by atoms with Crippen LogP contribution in [0, 0.1) is 17.5 Å². The zero-order valence-corrected chi connectivity index (χ0v) is 14.7. The summed E-state index contributed by atoms with van der Waals surface area (Å²) >= 11 is 0. The highest BCUT2D eigenvalue weighted by Gasteiger charge is 2.34. The highest BCUT2D eigenvalue weighted by atomic mass is 19.4. The Hall–Kier alpha value is -2.97. The minimum absolute atomic E-state index is 0.0392. The third-order valence-corrected chi connectivity index (χ3v) is 4.36. The Morgan fingerprint density at radius 3 is 2.36 bits per heavy atom. The normalized spacial score (nSPS) is 13.0. The molecule has 0 fully saturated rings. The molecule has 0 aliphatic rings. The summed E-state index contributed by atoms with van der Waals surface area (Å²) in [4.78, 5) is 12.2. The van der Waals surface area contributed by atoms with Crippen molar-refractivity contribution in [3.63, 3.8) is 0 Å². The lowest BCUT2D eigenvalue weighted by Gasteiger charge is -2.21. The van der Waals surface area contributed by atoms with E-state index in [0.29, 0.717) is 6.07 Å². The Kier molecular flexibility index (Phi) is 4.86. The quantitative estimate of drug-likeness (QED) is 0.618. The molecule has 0 aliphatic carbocycles. The molecule has 0 amide bonds. The Balaban J connectivity index is 2.15. The maximum Gasteiger partial charge on any atom is 0.418 e.